The largest absolute Gasteiger partial charge is 0.417 e. The summed E-state index contributed by atoms with van der Waals surface area (Å²) in [6.07, 6.45) is 0.533. The number of fused-ring (bicyclic) bond motifs is 1. The van der Waals surface area contributed by atoms with Crippen molar-refractivity contribution < 1.29 is 21.6 Å². The smallest absolute Gasteiger partial charge is 0.368 e. The quantitative estimate of drug-likeness (QED) is 0.700. The molecule has 0 aromatic heterocycles. The topological polar surface area (TPSA) is 84.2 Å². The van der Waals surface area contributed by atoms with Crippen LogP contribution in [0.4, 0.5) is 18.9 Å². The summed E-state index contributed by atoms with van der Waals surface area (Å²) in [7, 11) is -4.47. The molecule has 2 aliphatic rings. The van der Waals surface area contributed by atoms with Crippen LogP contribution in [-0.2, 0) is 16.2 Å². The second-order valence-electron chi connectivity index (χ2n) is 6.19. The summed E-state index contributed by atoms with van der Waals surface area (Å²) >= 11 is 1.13. The third-order valence-corrected chi connectivity index (χ3v) is 6.29. The minimum absolute atomic E-state index is 0.146. The summed E-state index contributed by atoms with van der Waals surface area (Å²) in [6.45, 7) is 0. The zero-order chi connectivity index (χ0) is 17.5. The summed E-state index contributed by atoms with van der Waals surface area (Å²) in [6, 6.07) is 1.81. The number of anilines is 1. The van der Waals surface area contributed by atoms with Gasteiger partial charge in [0.25, 0.3) is 0 Å². The third-order valence-electron chi connectivity index (χ3n) is 4.38. The Kier molecular flexibility index (Phi) is 4.75. The molecule has 1 saturated carbocycles. The van der Waals surface area contributed by atoms with Gasteiger partial charge in [-0.3, -0.25) is 0 Å². The monoisotopic (exact) mass is 381 g/mol. The zero-order valence-electron chi connectivity index (χ0n) is 12.7. The minimum atomic E-state index is -4.80. The van der Waals surface area contributed by atoms with E-state index < -0.39 is 26.7 Å². The molecule has 0 bridgehead atoms. The Morgan fingerprint density at radius 2 is 1.92 bits per heavy atom. The number of hydrogen-bond donors (Lipinski definition) is 3. The first-order valence-corrected chi connectivity index (χ1v) is 9.98. The van der Waals surface area contributed by atoms with E-state index >= 15 is 0 Å². The molecule has 0 saturated heterocycles. The molecule has 1 fully saturated rings. The maximum absolute atomic E-state index is 13.2. The summed E-state index contributed by atoms with van der Waals surface area (Å²) < 4.78 is 65.8. The Balaban J connectivity index is 1.91. The summed E-state index contributed by atoms with van der Waals surface area (Å²) in [5.74, 6) is 0.558. The highest BCUT2D eigenvalue weighted by molar-refractivity contribution is 7.97. The van der Waals surface area contributed by atoms with E-state index in [1.54, 1.807) is 0 Å². The van der Waals surface area contributed by atoms with Crippen LogP contribution < -0.4 is 15.2 Å². The average molecular weight is 381 g/mol. The van der Waals surface area contributed by atoms with Gasteiger partial charge in [-0.15, -0.1) is 0 Å². The van der Waals surface area contributed by atoms with E-state index in [0.29, 0.717) is 10.8 Å². The number of primary sulfonamides is 1. The molecule has 1 atom stereocenters. The predicted molar refractivity (Wildman–Crippen MR) is 85.8 cm³/mol. The van der Waals surface area contributed by atoms with Crippen molar-refractivity contribution in [2.45, 2.75) is 54.2 Å². The highest BCUT2D eigenvalue weighted by Gasteiger charge is 2.38. The maximum atomic E-state index is 13.2. The second kappa shape index (κ2) is 6.40. The number of nitrogens with two attached hydrogens (primary N) is 1. The Labute approximate surface area is 142 Å². The van der Waals surface area contributed by atoms with Crippen molar-refractivity contribution in [2.24, 2.45) is 11.1 Å². The number of nitrogens with one attached hydrogen (secondary N) is 2. The first-order valence-electron chi connectivity index (χ1n) is 7.61. The molecule has 10 heteroatoms. The second-order valence-corrected chi connectivity index (χ2v) is 8.60. The van der Waals surface area contributed by atoms with Crippen molar-refractivity contribution in [1.29, 1.82) is 0 Å². The van der Waals surface area contributed by atoms with E-state index in [4.69, 9.17) is 5.14 Å². The van der Waals surface area contributed by atoms with Crippen LogP contribution in [0, 0.1) is 5.92 Å². The van der Waals surface area contributed by atoms with Crippen molar-refractivity contribution >= 4 is 27.7 Å². The van der Waals surface area contributed by atoms with Crippen molar-refractivity contribution in [3.8, 4) is 0 Å². The van der Waals surface area contributed by atoms with Gasteiger partial charge < -0.3 is 5.32 Å². The van der Waals surface area contributed by atoms with E-state index in [1.807, 2.05) is 0 Å². The average Bonchev–Trinajstić information content (AvgIpc) is 2.97. The molecule has 1 aliphatic carbocycles. The van der Waals surface area contributed by atoms with Gasteiger partial charge in [-0.05, 0) is 36.4 Å². The molecule has 0 spiro atoms. The Hall–Kier alpha value is -0.970. The van der Waals surface area contributed by atoms with Crippen LogP contribution in [0.2, 0.25) is 0 Å². The van der Waals surface area contributed by atoms with Crippen molar-refractivity contribution in [1.82, 2.24) is 4.72 Å². The molecule has 0 amide bonds. The highest BCUT2D eigenvalue weighted by atomic mass is 32.2. The van der Waals surface area contributed by atoms with Crippen LogP contribution in [0.15, 0.2) is 21.9 Å². The van der Waals surface area contributed by atoms with Gasteiger partial charge in [0.2, 0.25) is 10.0 Å². The van der Waals surface area contributed by atoms with Gasteiger partial charge in [-0.25, -0.2) is 18.3 Å². The summed E-state index contributed by atoms with van der Waals surface area (Å²) in [5, 5.41) is 7.99. The molecular weight excluding hydrogens is 363 g/mol. The molecule has 3 rings (SSSR count). The molecular formula is C14H18F3N3O2S2. The van der Waals surface area contributed by atoms with Gasteiger partial charge in [0.05, 0.1) is 22.3 Å². The maximum Gasteiger partial charge on any atom is 0.417 e. The van der Waals surface area contributed by atoms with E-state index in [9.17, 15) is 21.6 Å². The molecule has 134 valence electrons. The van der Waals surface area contributed by atoms with Gasteiger partial charge in [-0.2, -0.15) is 13.2 Å². The van der Waals surface area contributed by atoms with Crippen molar-refractivity contribution in [2.75, 3.05) is 5.32 Å². The number of benzene rings is 1. The minimum Gasteiger partial charge on any atom is -0.368 e. The van der Waals surface area contributed by atoms with Crippen LogP contribution in [-0.4, -0.2) is 14.6 Å². The normalized spacial score (nSPS) is 22.2. The SMILES string of the molecule is NS(=O)(=O)c1cc2c(cc1C(F)(F)F)NC(CC1CCCC1)NS2. The van der Waals surface area contributed by atoms with Crippen LogP contribution in [0.3, 0.4) is 0 Å². The fraction of sp³-hybridized carbons (Fsp3) is 0.571. The molecule has 1 aromatic carbocycles. The molecule has 24 heavy (non-hydrogen) atoms. The lowest BCUT2D eigenvalue weighted by Gasteiger charge is -2.30. The number of halogens is 3. The van der Waals surface area contributed by atoms with Crippen molar-refractivity contribution in [3.63, 3.8) is 0 Å². The number of hydrogen-bond acceptors (Lipinski definition) is 5. The number of sulfonamides is 1. The predicted octanol–water partition coefficient (Wildman–Crippen LogP) is 3.28. The zero-order valence-corrected chi connectivity index (χ0v) is 14.3. The van der Waals surface area contributed by atoms with Gasteiger partial charge in [0.1, 0.15) is 0 Å². The standard InChI is InChI=1S/C14H18F3N3O2S2/c15-14(16,17)9-6-10-11(7-12(9)24(18,21)22)23-20-13(19-10)5-8-3-1-2-4-8/h6-8,13,19-20H,1-5H2,(H2,18,21,22). The van der Waals surface area contributed by atoms with E-state index in [2.05, 4.69) is 10.0 Å². The molecule has 1 heterocycles. The molecule has 1 unspecified atom stereocenters. The Morgan fingerprint density at radius 3 is 2.50 bits per heavy atom. The lowest BCUT2D eigenvalue weighted by Crippen LogP contribution is -2.37. The van der Waals surface area contributed by atoms with E-state index in [1.165, 1.54) is 12.8 Å². The van der Waals surface area contributed by atoms with Gasteiger partial charge in [0.15, 0.2) is 0 Å². The number of rotatable bonds is 3. The number of alkyl halides is 3. The molecule has 1 aliphatic heterocycles. The van der Waals surface area contributed by atoms with Gasteiger partial charge in [-0.1, -0.05) is 25.7 Å². The molecule has 5 nitrogen and oxygen atoms in total. The van der Waals surface area contributed by atoms with E-state index in [-0.39, 0.29) is 11.9 Å². The summed E-state index contributed by atoms with van der Waals surface area (Å²) in [4.78, 5) is -0.520. The van der Waals surface area contributed by atoms with Crippen LogP contribution in [0.1, 0.15) is 37.7 Å². The lowest BCUT2D eigenvalue weighted by molar-refractivity contribution is -0.139. The van der Waals surface area contributed by atoms with Crippen LogP contribution >= 0.6 is 11.9 Å². The van der Waals surface area contributed by atoms with Gasteiger partial charge in [0, 0.05) is 4.90 Å². The van der Waals surface area contributed by atoms with E-state index in [0.717, 1.165) is 43.3 Å². The first-order chi connectivity index (χ1) is 11.1. The van der Waals surface area contributed by atoms with Crippen LogP contribution in [0.25, 0.3) is 0 Å². The Bertz CT molecular complexity index is 732. The lowest BCUT2D eigenvalue weighted by atomic mass is 10.0. The molecule has 1 aromatic rings. The summed E-state index contributed by atoms with van der Waals surface area (Å²) in [5.41, 5.74) is -0.958. The first kappa shape index (κ1) is 17.8. The third kappa shape index (κ3) is 3.81. The van der Waals surface area contributed by atoms with Crippen LogP contribution in [0.5, 0.6) is 0 Å². The fourth-order valence-electron chi connectivity index (χ4n) is 3.25. The molecule has 0 radical (unpaired) electrons. The van der Waals surface area contributed by atoms with Gasteiger partial charge >= 0.3 is 6.18 Å². The Morgan fingerprint density at radius 1 is 1.25 bits per heavy atom. The molecule has 4 N–H and O–H groups in total. The highest BCUT2D eigenvalue weighted by Crippen LogP contribution is 2.41. The fourth-order valence-corrected chi connectivity index (χ4v) is 4.92. The van der Waals surface area contributed by atoms with Crippen molar-refractivity contribution in [3.05, 3.63) is 17.7 Å².